The highest BCUT2D eigenvalue weighted by atomic mass is 35.5. The van der Waals surface area contributed by atoms with Crippen LogP contribution in [0.5, 0.6) is 0 Å². The molecule has 0 bridgehead atoms. The van der Waals surface area contributed by atoms with Gasteiger partial charge in [0.15, 0.2) is 0 Å². The molecule has 0 aromatic heterocycles. The van der Waals surface area contributed by atoms with E-state index in [4.69, 9.17) is 11.6 Å². The fourth-order valence-corrected chi connectivity index (χ4v) is 1.75. The van der Waals surface area contributed by atoms with Gasteiger partial charge in [0, 0.05) is 0 Å². The number of rotatable bonds is 4. The second kappa shape index (κ2) is 5.83. The summed E-state index contributed by atoms with van der Waals surface area (Å²) in [5, 5.41) is 10.0. The lowest BCUT2D eigenvalue weighted by Crippen LogP contribution is -2.25. The van der Waals surface area contributed by atoms with Crippen molar-refractivity contribution in [3.63, 3.8) is 0 Å². The van der Waals surface area contributed by atoms with E-state index in [2.05, 4.69) is 0 Å². The van der Waals surface area contributed by atoms with Gasteiger partial charge in [-0.2, -0.15) is 0 Å². The molecule has 1 aromatic rings. The van der Waals surface area contributed by atoms with Crippen LogP contribution in [0.4, 0.5) is 4.39 Å². The number of aryl methyl sites for hydroxylation is 1. The first-order valence-electron chi connectivity index (χ1n) is 5.92. The molecule has 0 saturated carbocycles. The summed E-state index contributed by atoms with van der Waals surface area (Å²) in [6.45, 7) is 6.04. The first-order chi connectivity index (χ1) is 7.80. The molecule has 0 amide bonds. The van der Waals surface area contributed by atoms with Crippen LogP contribution < -0.4 is 0 Å². The van der Waals surface area contributed by atoms with Crippen LogP contribution >= 0.6 is 11.6 Å². The minimum Gasteiger partial charge on any atom is -0.393 e. The normalized spacial score (nSPS) is 13.8. The highest BCUT2D eigenvalue weighted by Gasteiger charge is 2.21. The Labute approximate surface area is 108 Å². The molecule has 0 aliphatic rings. The molecule has 1 atom stereocenters. The molecule has 0 radical (unpaired) electrons. The third-order valence-electron chi connectivity index (χ3n) is 2.93. The summed E-state index contributed by atoms with van der Waals surface area (Å²) in [4.78, 5) is 0. The standard InChI is InChI=1S/C14H20ClFO/c1-14(2,3)13(17)6-4-5-10-7-8-11(15)12(16)9-10/h7-9,13,17H,4-6H2,1-3H3. The van der Waals surface area contributed by atoms with Gasteiger partial charge in [0.05, 0.1) is 11.1 Å². The fraction of sp³-hybridized carbons (Fsp3) is 0.571. The Hall–Kier alpha value is -0.600. The van der Waals surface area contributed by atoms with Crippen molar-refractivity contribution < 1.29 is 9.50 Å². The third-order valence-corrected chi connectivity index (χ3v) is 3.23. The van der Waals surface area contributed by atoms with Gasteiger partial charge in [0.2, 0.25) is 0 Å². The lowest BCUT2D eigenvalue weighted by atomic mass is 9.86. The molecule has 1 rings (SSSR count). The minimum absolute atomic E-state index is 0.0920. The largest absolute Gasteiger partial charge is 0.393 e. The van der Waals surface area contributed by atoms with Crippen LogP contribution in [0.15, 0.2) is 18.2 Å². The molecule has 0 saturated heterocycles. The van der Waals surface area contributed by atoms with E-state index in [-0.39, 0.29) is 22.4 Å². The maximum atomic E-state index is 13.2. The second-order valence-corrected chi connectivity index (χ2v) is 5.93. The van der Waals surface area contributed by atoms with E-state index in [0.29, 0.717) is 0 Å². The van der Waals surface area contributed by atoms with Gasteiger partial charge in [0.1, 0.15) is 5.82 Å². The zero-order valence-corrected chi connectivity index (χ0v) is 11.4. The summed E-state index contributed by atoms with van der Waals surface area (Å²) in [5.74, 6) is -0.375. The van der Waals surface area contributed by atoms with Crippen LogP contribution in [0.2, 0.25) is 5.02 Å². The van der Waals surface area contributed by atoms with Crippen molar-refractivity contribution in [1.29, 1.82) is 0 Å². The fourth-order valence-electron chi connectivity index (χ4n) is 1.63. The zero-order chi connectivity index (χ0) is 13.1. The van der Waals surface area contributed by atoms with Crippen molar-refractivity contribution in [2.75, 3.05) is 0 Å². The average molecular weight is 259 g/mol. The number of hydrogen-bond acceptors (Lipinski definition) is 1. The monoisotopic (exact) mass is 258 g/mol. The SMILES string of the molecule is CC(C)(C)C(O)CCCc1ccc(Cl)c(F)c1. The van der Waals surface area contributed by atoms with Crippen molar-refractivity contribution in [2.45, 2.75) is 46.1 Å². The molecule has 0 spiro atoms. The molecule has 17 heavy (non-hydrogen) atoms. The molecule has 0 fully saturated rings. The Balaban J connectivity index is 2.44. The smallest absolute Gasteiger partial charge is 0.142 e. The van der Waals surface area contributed by atoms with Gasteiger partial charge in [-0.15, -0.1) is 0 Å². The van der Waals surface area contributed by atoms with E-state index in [1.54, 1.807) is 6.07 Å². The van der Waals surface area contributed by atoms with E-state index in [9.17, 15) is 9.50 Å². The Morgan fingerprint density at radius 3 is 2.53 bits per heavy atom. The lowest BCUT2D eigenvalue weighted by molar-refractivity contribution is 0.0540. The van der Waals surface area contributed by atoms with E-state index in [0.717, 1.165) is 24.8 Å². The van der Waals surface area contributed by atoms with Crippen molar-refractivity contribution in [3.8, 4) is 0 Å². The molecule has 1 aromatic carbocycles. The topological polar surface area (TPSA) is 20.2 Å². The summed E-state index contributed by atoms with van der Waals surface area (Å²) in [5.41, 5.74) is 0.832. The van der Waals surface area contributed by atoms with Crippen molar-refractivity contribution >= 4 is 11.6 Å². The van der Waals surface area contributed by atoms with Crippen LogP contribution in [0.3, 0.4) is 0 Å². The van der Waals surface area contributed by atoms with Gasteiger partial charge in [-0.3, -0.25) is 0 Å². The van der Waals surface area contributed by atoms with E-state index >= 15 is 0 Å². The molecular weight excluding hydrogens is 239 g/mol. The Morgan fingerprint density at radius 2 is 2.00 bits per heavy atom. The summed E-state index contributed by atoms with van der Waals surface area (Å²) in [7, 11) is 0. The zero-order valence-electron chi connectivity index (χ0n) is 10.6. The number of halogens is 2. The van der Waals surface area contributed by atoms with Crippen LogP contribution in [-0.4, -0.2) is 11.2 Å². The summed E-state index contributed by atoms with van der Waals surface area (Å²) in [6.07, 6.45) is 2.02. The van der Waals surface area contributed by atoms with Crippen LogP contribution in [0, 0.1) is 11.2 Å². The first kappa shape index (κ1) is 14.5. The number of aliphatic hydroxyl groups is 1. The first-order valence-corrected chi connectivity index (χ1v) is 6.30. The second-order valence-electron chi connectivity index (χ2n) is 5.52. The van der Waals surface area contributed by atoms with E-state index < -0.39 is 0 Å². The molecule has 0 aliphatic heterocycles. The maximum absolute atomic E-state index is 13.2. The van der Waals surface area contributed by atoms with Crippen molar-refractivity contribution in [2.24, 2.45) is 5.41 Å². The average Bonchev–Trinajstić information content (AvgIpc) is 2.22. The molecule has 3 heteroatoms. The molecule has 1 nitrogen and oxygen atoms in total. The van der Waals surface area contributed by atoms with Gasteiger partial charge >= 0.3 is 0 Å². The number of aliphatic hydroxyl groups excluding tert-OH is 1. The molecule has 1 N–H and O–H groups in total. The van der Waals surface area contributed by atoms with Crippen LogP contribution in [0.25, 0.3) is 0 Å². The number of hydrogen-bond donors (Lipinski definition) is 1. The summed E-state index contributed by atoms with van der Waals surface area (Å²) < 4.78 is 13.2. The molecule has 1 unspecified atom stereocenters. The van der Waals surface area contributed by atoms with Gasteiger partial charge in [-0.05, 0) is 42.4 Å². The third kappa shape index (κ3) is 4.64. The maximum Gasteiger partial charge on any atom is 0.142 e. The molecule has 0 heterocycles. The molecular formula is C14H20ClFO. The van der Waals surface area contributed by atoms with E-state index in [1.165, 1.54) is 6.07 Å². The van der Waals surface area contributed by atoms with Crippen LogP contribution in [0.1, 0.15) is 39.2 Å². The predicted octanol–water partition coefficient (Wildman–Crippen LogP) is 4.21. The van der Waals surface area contributed by atoms with Gasteiger partial charge in [-0.25, -0.2) is 4.39 Å². The van der Waals surface area contributed by atoms with Crippen LogP contribution in [-0.2, 0) is 6.42 Å². The molecule has 96 valence electrons. The van der Waals surface area contributed by atoms with Gasteiger partial charge in [0.25, 0.3) is 0 Å². The summed E-state index contributed by atoms with van der Waals surface area (Å²) >= 11 is 5.61. The predicted molar refractivity (Wildman–Crippen MR) is 69.8 cm³/mol. The Bertz CT molecular complexity index is 371. The highest BCUT2D eigenvalue weighted by molar-refractivity contribution is 6.30. The van der Waals surface area contributed by atoms with Crippen molar-refractivity contribution in [1.82, 2.24) is 0 Å². The van der Waals surface area contributed by atoms with E-state index in [1.807, 2.05) is 26.8 Å². The Kier molecular flexibility index (Phi) is 4.96. The molecule has 0 aliphatic carbocycles. The van der Waals surface area contributed by atoms with Gasteiger partial charge < -0.3 is 5.11 Å². The van der Waals surface area contributed by atoms with Gasteiger partial charge in [-0.1, -0.05) is 38.4 Å². The minimum atomic E-state index is -0.375. The van der Waals surface area contributed by atoms with Crippen molar-refractivity contribution in [3.05, 3.63) is 34.6 Å². The lowest BCUT2D eigenvalue weighted by Gasteiger charge is -2.25. The quantitative estimate of drug-likeness (QED) is 0.858. The number of benzene rings is 1. The Morgan fingerprint density at radius 1 is 1.35 bits per heavy atom. The highest BCUT2D eigenvalue weighted by Crippen LogP contribution is 2.23. The summed E-state index contributed by atoms with van der Waals surface area (Å²) in [6, 6.07) is 4.87.